The maximum atomic E-state index is 5.60. The molecule has 2 N–H and O–H groups in total. The van der Waals surface area contributed by atoms with Gasteiger partial charge in [0.25, 0.3) is 0 Å². The Hall–Kier alpha value is -0.860. The summed E-state index contributed by atoms with van der Waals surface area (Å²) < 4.78 is 5.60. The van der Waals surface area contributed by atoms with Crippen molar-refractivity contribution >= 4 is 0 Å². The quantitative estimate of drug-likeness (QED) is 0.774. The van der Waals surface area contributed by atoms with Crippen LogP contribution in [-0.2, 0) is 4.74 Å². The van der Waals surface area contributed by atoms with Crippen molar-refractivity contribution in [1.29, 1.82) is 0 Å². The van der Waals surface area contributed by atoms with Crippen molar-refractivity contribution in [3.63, 3.8) is 0 Å². The minimum atomic E-state index is 0.264. The summed E-state index contributed by atoms with van der Waals surface area (Å²) in [7, 11) is 0. The molecule has 2 atom stereocenters. The van der Waals surface area contributed by atoms with Gasteiger partial charge in [0, 0.05) is 12.5 Å². The number of aryl methyl sites for hydroxylation is 1. The Morgan fingerprint density at radius 3 is 2.86 bits per heavy atom. The maximum Gasteiger partial charge on any atom is 0.0704 e. The summed E-state index contributed by atoms with van der Waals surface area (Å²) in [5.41, 5.74) is 8.37. The van der Waals surface area contributed by atoms with E-state index >= 15 is 0 Å². The van der Waals surface area contributed by atoms with Crippen LogP contribution >= 0.6 is 0 Å². The van der Waals surface area contributed by atoms with Gasteiger partial charge in [-0.2, -0.15) is 0 Å². The molecule has 0 saturated carbocycles. The largest absolute Gasteiger partial charge is 0.376 e. The van der Waals surface area contributed by atoms with Gasteiger partial charge < -0.3 is 10.5 Å². The van der Waals surface area contributed by atoms with Gasteiger partial charge in [0.05, 0.1) is 12.7 Å². The second-order valence-corrected chi connectivity index (χ2v) is 3.98. The summed E-state index contributed by atoms with van der Waals surface area (Å²) in [6, 6.07) is 8.53. The fourth-order valence-corrected chi connectivity index (χ4v) is 2.13. The molecule has 0 aliphatic carbocycles. The van der Waals surface area contributed by atoms with Crippen molar-refractivity contribution in [1.82, 2.24) is 0 Å². The molecule has 1 heterocycles. The average molecular weight is 191 g/mol. The highest BCUT2D eigenvalue weighted by Gasteiger charge is 2.26. The molecule has 2 heteroatoms. The third-order valence-corrected chi connectivity index (χ3v) is 2.97. The van der Waals surface area contributed by atoms with E-state index in [9.17, 15) is 0 Å². The van der Waals surface area contributed by atoms with Gasteiger partial charge in [0.15, 0.2) is 0 Å². The Kier molecular flexibility index (Phi) is 2.85. The summed E-state index contributed by atoms with van der Waals surface area (Å²) >= 11 is 0. The second-order valence-electron chi connectivity index (χ2n) is 3.98. The highest BCUT2D eigenvalue weighted by atomic mass is 16.5. The molecular weight excluding hydrogens is 174 g/mol. The maximum absolute atomic E-state index is 5.60. The lowest BCUT2D eigenvalue weighted by Gasteiger charge is -2.11. The first-order valence-corrected chi connectivity index (χ1v) is 5.18. The van der Waals surface area contributed by atoms with Crippen LogP contribution in [0.25, 0.3) is 0 Å². The second kappa shape index (κ2) is 4.11. The molecule has 1 aliphatic heterocycles. The molecule has 2 nitrogen and oxygen atoms in total. The molecule has 0 spiro atoms. The lowest BCUT2D eigenvalue weighted by molar-refractivity contribution is 0.115. The van der Waals surface area contributed by atoms with E-state index in [2.05, 4.69) is 31.2 Å². The van der Waals surface area contributed by atoms with Crippen molar-refractivity contribution in [2.75, 3.05) is 13.2 Å². The van der Waals surface area contributed by atoms with E-state index in [0.29, 0.717) is 12.5 Å². The van der Waals surface area contributed by atoms with E-state index in [-0.39, 0.29) is 6.10 Å². The highest BCUT2D eigenvalue weighted by molar-refractivity contribution is 5.29. The van der Waals surface area contributed by atoms with E-state index in [4.69, 9.17) is 10.5 Å². The topological polar surface area (TPSA) is 35.2 Å². The van der Waals surface area contributed by atoms with Crippen molar-refractivity contribution in [3.05, 3.63) is 35.4 Å². The number of hydrogen-bond donors (Lipinski definition) is 1. The molecule has 1 aliphatic rings. The van der Waals surface area contributed by atoms with Crippen LogP contribution < -0.4 is 5.73 Å². The van der Waals surface area contributed by atoms with Gasteiger partial charge in [-0.3, -0.25) is 0 Å². The first-order valence-electron chi connectivity index (χ1n) is 5.18. The van der Waals surface area contributed by atoms with Crippen LogP contribution in [0.15, 0.2) is 24.3 Å². The molecule has 1 aromatic carbocycles. The van der Waals surface area contributed by atoms with Crippen LogP contribution in [-0.4, -0.2) is 19.3 Å². The van der Waals surface area contributed by atoms with Crippen LogP contribution in [0.2, 0.25) is 0 Å². The summed E-state index contributed by atoms with van der Waals surface area (Å²) in [5.74, 6) is 0.546. The summed E-state index contributed by atoms with van der Waals surface area (Å²) in [6.45, 7) is 3.63. The zero-order valence-corrected chi connectivity index (χ0v) is 8.57. The molecule has 0 amide bonds. The first kappa shape index (κ1) is 9.69. The third kappa shape index (κ3) is 1.81. The summed E-state index contributed by atoms with van der Waals surface area (Å²) in [4.78, 5) is 0. The van der Waals surface area contributed by atoms with E-state index < -0.39 is 0 Å². The van der Waals surface area contributed by atoms with Crippen LogP contribution in [0.4, 0.5) is 0 Å². The van der Waals surface area contributed by atoms with Gasteiger partial charge in [0.1, 0.15) is 0 Å². The fourth-order valence-electron chi connectivity index (χ4n) is 2.13. The molecule has 14 heavy (non-hydrogen) atoms. The molecule has 0 bridgehead atoms. The molecule has 0 unspecified atom stereocenters. The molecule has 0 aromatic heterocycles. The van der Waals surface area contributed by atoms with Gasteiger partial charge >= 0.3 is 0 Å². The molecule has 76 valence electrons. The molecule has 0 radical (unpaired) electrons. The average Bonchev–Trinajstić information content (AvgIpc) is 2.67. The van der Waals surface area contributed by atoms with Crippen LogP contribution in [0.1, 0.15) is 23.5 Å². The molecule has 1 aromatic rings. The smallest absolute Gasteiger partial charge is 0.0704 e. The molecular formula is C12H17NO. The van der Waals surface area contributed by atoms with Crippen LogP contribution in [0.3, 0.4) is 0 Å². The predicted octanol–water partition coefficient (Wildman–Crippen LogP) is 1.83. The summed E-state index contributed by atoms with van der Waals surface area (Å²) in [6.07, 6.45) is 1.33. The van der Waals surface area contributed by atoms with Gasteiger partial charge in [-0.05, 0) is 24.5 Å². The Labute approximate surface area is 85.1 Å². The van der Waals surface area contributed by atoms with Crippen LogP contribution in [0, 0.1) is 6.92 Å². The SMILES string of the molecule is Cc1ccccc1[C@@H]1CO[C@@H](CN)C1. The Balaban J connectivity index is 2.13. The molecule has 1 fully saturated rings. The van der Waals surface area contributed by atoms with Crippen LogP contribution in [0.5, 0.6) is 0 Å². The fraction of sp³-hybridized carbons (Fsp3) is 0.500. The third-order valence-electron chi connectivity index (χ3n) is 2.97. The number of benzene rings is 1. The number of nitrogens with two attached hydrogens (primary N) is 1. The van der Waals surface area contributed by atoms with Crippen molar-refractivity contribution in [3.8, 4) is 0 Å². The lowest BCUT2D eigenvalue weighted by atomic mass is 9.93. The normalized spacial score (nSPS) is 26.7. The lowest BCUT2D eigenvalue weighted by Crippen LogP contribution is -2.18. The van der Waals surface area contributed by atoms with E-state index in [1.54, 1.807) is 0 Å². The van der Waals surface area contributed by atoms with Gasteiger partial charge in [0.2, 0.25) is 0 Å². The zero-order chi connectivity index (χ0) is 9.97. The van der Waals surface area contributed by atoms with E-state index in [1.165, 1.54) is 11.1 Å². The van der Waals surface area contributed by atoms with E-state index in [0.717, 1.165) is 13.0 Å². The van der Waals surface area contributed by atoms with Gasteiger partial charge in [-0.25, -0.2) is 0 Å². The monoisotopic (exact) mass is 191 g/mol. The predicted molar refractivity (Wildman–Crippen MR) is 57.3 cm³/mol. The molecule has 1 saturated heterocycles. The van der Waals surface area contributed by atoms with Gasteiger partial charge in [-0.15, -0.1) is 0 Å². The Morgan fingerprint density at radius 2 is 2.21 bits per heavy atom. The Bertz CT molecular complexity index is 311. The van der Waals surface area contributed by atoms with Gasteiger partial charge in [-0.1, -0.05) is 24.3 Å². The summed E-state index contributed by atoms with van der Waals surface area (Å²) in [5, 5.41) is 0. The van der Waals surface area contributed by atoms with Crippen molar-refractivity contribution in [2.24, 2.45) is 5.73 Å². The van der Waals surface area contributed by atoms with Crippen molar-refractivity contribution in [2.45, 2.75) is 25.4 Å². The number of rotatable bonds is 2. The Morgan fingerprint density at radius 1 is 1.43 bits per heavy atom. The zero-order valence-electron chi connectivity index (χ0n) is 8.57. The van der Waals surface area contributed by atoms with Crippen molar-refractivity contribution < 1.29 is 4.74 Å². The molecule has 2 rings (SSSR count). The standard InChI is InChI=1S/C12H17NO/c1-9-4-2-3-5-12(9)10-6-11(7-13)14-8-10/h2-5,10-11H,6-8,13H2,1H3/t10-,11+/m0/s1. The minimum absolute atomic E-state index is 0.264. The number of hydrogen-bond acceptors (Lipinski definition) is 2. The highest BCUT2D eigenvalue weighted by Crippen LogP contribution is 2.30. The van der Waals surface area contributed by atoms with E-state index in [1.807, 2.05) is 0 Å². The first-order chi connectivity index (χ1) is 6.81. The minimum Gasteiger partial charge on any atom is -0.376 e. The number of ether oxygens (including phenoxy) is 1.